The first-order valence-electron chi connectivity index (χ1n) is 8.94. The molecule has 2 bridgehead atoms. The average Bonchev–Trinajstić information content (AvgIpc) is 3.27. The van der Waals surface area contributed by atoms with Gasteiger partial charge in [0.05, 0.1) is 25.4 Å². The van der Waals surface area contributed by atoms with Gasteiger partial charge in [-0.15, -0.1) is 0 Å². The first kappa shape index (κ1) is 16.2. The van der Waals surface area contributed by atoms with Gasteiger partial charge in [-0.2, -0.15) is 0 Å². The predicted molar refractivity (Wildman–Crippen MR) is 100 cm³/mol. The zero-order chi connectivity index (χ0) is 17.2. The molecular weight excluding hydrogens is 314 g/mol. The molecule has 0 amide bonds. The molecule has 2 N–H and O–H groups in total. The molecule has 0 aromatic heterocycles. The quantitative estimate of drug-likeness (QED) is 0.664. The highest BCUT2D eigenvalue weighted by atomic mass is 16.5. The number of aliphatic imine (C=N–C) groups is 1. The number of rotatable bonds is 4. The van der Waals surface area contributed by atoms with Crippen LogP contribution in [0.15, 0.2) is 41.4 Å². The van der Waals surface area contributed by atoms with Gasteiger partial charge < -0.3 is 20.1 Å². The maximum absolute atomic E-state index is 5.90. The molecule has 0 aliphatic carbocycles. The van der Waals surface area contributed by atoms with Crippen LogP contribution in [0.5, 0.6) is 5.75 Å². The summed E-state index contributed by atoms with van der Waals surface area (Å²) in [4.78, 5) is 4.36. The fourth-order valence-electron chi connectivity index (χ4n) is 3.86. The molecule has 2 fully saturated rings. The Morgan fingerprint density at radius 1 is 1.20 bits per heavy atom. The van der Waals surface area contributed by atoms with Gasteiger partial charge in [0.2, 0.25) is 0 Å². The lowest BCUT2D eigenvalue weighted by atomic mass is 9.96. The fourth-order valence-corrected chi connectivity index (χ4v) is 3.86. The maximum Gasteiger partial charge on any atom is 0.191 e. The van der Waals surface area contributed by atoms with Gasteiger partial charge in [0.15, 0.2) is 5.96 Å². The lowest BCUT2D eigenvalue weighted by molar-refractivity contribution is 0.0992. The van der Waals surface area contributed by atoms with Crippen LogP contribution in [0.25, 0.3) is 10.8 Å². The minimum absolute atomic E-state index is 0.346. The van der Waals surface area contributed by atoms with Crippen molar-refractivity contribution in [1.29, 1.82) is 0 Å². The van der Waals surface area contributed by atoms with Crippen LogP contribution >= 0.6 is 0 Å². The van der Waals surface area contributed by atoms with E-state index in [2.05, 4.69) is 46.0 Å². The van der Waals surface area contributed by atoms with Gasteiger partial charge in [0, 0.05) is 13.6 Å². The smallest absolute Gasteiger partial charge is 0.191 e. The second-order valence-corrected chi connectivity index (χ2v) is 6.83. The molecule has 5 heteroatoms. The molecular formula is C20H25N3O2. The Balaban J connectivity index is 1.38. The van der Waals surface area contributed by atoms with Crippen molar-refractivity contribution in [2.75, 3.05) is 14.2 Å². The summed E-state index contributed by atoms with van der Waals surface area (Å²) in [5, 5.41) is 9.33. The molecule has 2 aliphatic rings. The molecule has 2 heterocycles. The van der Waals surface area contributed by atoms with Crippen LogP contribution < -0.4 is 15.4 Å². The molecule has 0 radical (unpaired) electrons. The molecule has 132 valence electrons. The highest BCUT2D eigenvalue weighted by Crippen LogP contribution is 2.34. The highest BCUT2D eigenvalue weighted by Gasteiger charge is 2.41. The van der Waals surface area contributed by atoms with Gasteiger partial charge in [0.1, 0.15) is 5.75 Å². The third-order valence-corrected chi connectivity index (χ3v) is 5.22. The van der Waals surface area contributed by atoms with Crippen LogP contribution in [0.2, 0.25) is 0 Å². The van der Waals surface area contributed by atoms with Crippen molar-refractivity contribution in [2.45, 2.75) is 44.1 Å². The molecule has 2 aliphatic heterocycles. The summed E-state index contributed by atoms with van der Waals surface area (Å²) in [6.07, 6.45) is 4.24. The predicted octanol–water partition coefficient (Wildman–Crippen LogP) is 2.83. The Bertz CT molecular complexity index is 790. The third kappa shape index (κ3) is 3.42. The number of nitrogens with zero attached hydrogens (tertiary/aromatic N) is 1. The minimum atomic E-state index is 0.346. The van der Waals surface area contributed by atoms with Crippen LogP contribution in [-0.2, 0) is 11.3 Å². The second kappa shape index (κ2) is 6.92. The number of ether oxygens (including phenoxy) is 2. The number of fused-ring (bicyclic) bond motifs is 3. The molecule has 0 saturated carbocycles. The summed E-state index contributed by atoms with van der Waals surface area (Å²) in [6, 6.07) is 13.0. The first-order chi connectivity index (χ1) is 12.2. The summed E-state index contributed by atoms with van der Waals surface area (Å²) in [6.45, 7) is 0.739. The number of methoxy groups -OCH3 is 1. The molecule has 4 rings (SSSR count). The van der Waals surface area contributed by atoms with Gasteiger partial charge in [-0.25, -0.2) is 0 Å². The van der Waals surface area contributed by atoms with Crippen LogP contribution in [0.1, 0.15) is 24.8 Å². The summed E-state index contributed by atoms with van der Waals surface area (Å²) in [5.41, 5.74) is 1.23. The van der Waals surface area contributed by atoms with E-state index < -0.39 is 0 Å². The third-order valence-electron chi connectivity index (χ3n) is 5.22. The number of hydrogen-bond acceptors (Lipinski definition) is 3. The van der Waals surface area contributed by atoms with Gasteiger partial charge in [-0.1, -0.05) is 18.2 Å². The van der Waals surface area contributed by atoms with E-state index in [4.69, 9.17) is 9.47 Å². The molecule has 0 spiro atoms. The zero-order valence-electron chi connectivity index (χ0n) is 14.8. The van der Waals surface area contributed by atoms with Crippen molar-refractivity contribution in [3.63, 3.8) is 0 Å². The molecule has 2 aromatic rings. The molecule has 25 heavy (non-hydrogen) atoms. The van der Waals surface area contributed by atoms with Crippen LogP contribution in [-0.4, -0.2) is 38.4 Å². The standard InChI is InChI=1S/C20H25N3O2/c1-21-20(23-18-11-17-7-8-19(18)25-17)22-12-13-3-4-15-10-16(24-2)6-5-14(15)9-13/h3-6,9-10,17-19H,7-8,11-12H2,1-2H3,(H2,21,22,23). The first-order valence-corrected chi connectivity index (χ1v) is 8.94. The zero-order valence-corrected chi connectivity index (χ0v) is 14.8. The van der Waals surface area contributed by atoms with Gasteiger partial charge in [-0.05, 0) is 53.8 Å². The largest absolute Gasteiger partial charge is 0.497 e. The summed E-state index contributed by atoms with van der Waals surface area (Å²) < 4.78 is 11.2. The van der Waals surface area contributed by atoms with E-state index in [-0.39, 0.29) is 0 Å². The number of benzene rings is 2. The molecule has 3 atom stereocenters. The lowest BCUT2D eigenvalue weighted by Gasteiger charge is -2.22. The Morgan fingerprint density at radius 3 is 2.76 bits per heavy atom. The maximum atomic E-state index is 5.90. The Hall–Kier alpha value is -2.27. The van der Waals surface area contributed by atoms with Crippen molar-refractivity contribution >= 4 is 16.7 Å². The molecule has 3 unspecified atom stereocenters. The van der Waals surface area contributed by atoms with Crippen LogP contribution in [0, 0.1) is 0 Å². The normalized spacial score (nSPS) is 25.4. The topological polar surface area (TPSA) is 54.9 Å². The van der Waals surface area contributed by atoms with E-state index in [1.807, 2.05) is 13.1 Å². The van der Waals surface area contributed by atoms with Crippen molar-refractivity contribution in [3.8, 4) is 5.75 Å². The van der Waals surface area contributed by atoms with Crippen LogP contribution in [0.3, 0.4) is 0 Å². The van der Waals surface area contributed by atoms with Crippen molar-refractivity contribution in [2.24, 2.45) is 4.99 Å². The van der Waals surface area contributed by atoms with Crippen molar-refractivity contribution in [1.82, 2.24) is 10.6 Å². The molecule has 5 nitrogen and oxygen atoms in total. The minimum Gasteiger partial charge on any atom is -0.497 e. The van der Waals surface area contributed by atoms with Crippen molar-refractivity contribution in [3.05, 3.63) is 42.0 Å². The van der Waals surface area contributed by atoms with E-state index in [9.17, 15) is 0 Å². The summed E-state index contributed by atoms with van der Waals surface area (Å²) in [7, 11) is 3.51. The van der Waals surface area contributed by atoms with Crippen LogP contribution in [0.4, 0.5) is 0 Å². The number of hydrogen-bond donors (Lipinski definition) is 2. The Morgan fingerprint density at radius 2 is 2.04 bits per heavy atom. The lowest BCUT2D eigenvalue weighted by Crippen LogP contribution is -2.47. The van der Waals surface area contributed by atoms with Crippen molar-refractivity contribution < 1.29 is 9.47 Å². The number of guanidine groups is 1. The second-order valence-electron chi connectivity index (χ2n) is 6.83. The Kier molecular flexibility index (Phi) is 4.49. The molecule has 2 aromatic carbocycles. The van der Waals surface area contributed by atoms with E-state index in [1.54, 1.807) is 7.11 Å². The average molecular weight is 339 g/mol. The van der Waals surface area contributed by atoms with E-state index in [1.165, 1.54) is 22.8 Å². The van der Waals surface area contributed by atoms with E-state index in [0.717, 1.165) is 31.1 Å². The summed E-state index contributed by atoms with van der Waals surface area (Å²) >= 11 is 0. The van der Waals surface area contributed by atoms with E-state index >= 15 is 0 Å². The number of nitrogens with one attached hydrogen (secondary N) is 2. The summed E-state index contributed by atoms with van der Waals surface area (Å²) in [5.74, 6) is 1.73. The molecule has 2 saturated heterocycles. The Labute approximate surface area is 148 Å². The fraction of sp³-hybridized carbons (Fsp3) is 0.450. The van der Waals surface area contributed by atoms with E-state index in [0.29, 0.717) is 18.2 Å². The van der Waals surface area contributed by atoms with Gasteiger partial charge in [-0.3, -0.25) is 4.99 Å². The van der Waals surface area contributed by atoms with Gasteiger partial charge >= 0.3 is 0 Å². The van der Waals surface area contributed by atoms with Gasteiger partial charge in [0.25, 0.3) is 0 Å². The SMILES string of the molecule is CN=C(NCc1ccc2cc(OC)ccc2c1)NC1CC2CCC1O2. The highest BCUT2D eigenvalue weighted by molar-refractivity contribution is 5.85. The monoisotopic (exact) mass is 339 g/mol.